The molecule has 0 saturated carbocycles. The van der Waals surface area contributed by atoms with Crippen LogP contribution in [0.4, 0.5) is 0 Å². The third kappa shape index (κ3) is 2.16. The first-order valence-corrected chi connectivity index (χ1v) is 10.4. The Morgan fingerprint density at radius 3 is 2.79 bits per heavy atom. The van der Waals surface area contributed by atoms with E-state index in [0.29, 0.717) is 23.4 Å². The number of aliphatic hydroxyl groups excluding tert-OH is 1. The number of carbonyl (C=O) groups is 1. The van der Waals surface area contributed by atoms with Crippen molar-refractivity contribution in [1.29, 1.82) is 0 Å². The SMILES string of the molecule is Cc1c(P)cc2nc3c(c4c2c1CCC4)Cn1c-3cc2c(c1=O)COC(=O)[C@H]2O. The number of fused-ring (bicyclic) bond motifs is 5. The number of ether oxygens (including phenoxy) is 1. The standard InChI is InChI=1S/C22H19N2O4P/c1-9-10-3-2-4-11-13-7-24-16(19(13)23-15(18(10)11)6-17(9)29)5-12-14(21(24)26)8-28-22(27)20(12)25/h5-6,20,25H,2-4,7-8,29H2,1H3/t20-/m0/s1. The Labute approximate surface area is 168 Å². The molecule has 0 saturated heterocycles. The summed E-state index contributed by atoms with van der Waals surface area (Å²) in [7, 11) is 2.80. The Kier molecular flexibility index (Phi) is 3.43. The molecule has 1 aliphatic carbocycles. The van der Waals surface area contributed by atoms with Crippen LogP contribution in [0.1, 0.15) is 45.9 Å². The lowest BCUT2D eigenvalue weighted by Gasteiger charge is -2.22. The summed E-state index contributed by atoms with van der Waals surface area (Å²) < 4.78 is 6.68. The normalized spacial score (nSPS) is 19.0. The Morgan fingerprint density at radius 2 is 1.97 bits per heavy atom. The quantitative estimate of drug-likeness (QED) is 0.356. The number of carbonyl (C=O) groups excluding carboxylic acids is 1. The van der Waals surface area contributed by atoms with Gasteiger partial charge in [0.25, 0.3) is 5.56 Å². The van der Waals surface area contributed by atoms with Crippen molar-refractivity contribution in [2.75, 3.05) is 0 Å². The lowest BCUT2D eigenvalue weighted by molar-refractivity contribution is -0.157. The summed E-state index contributed by atoms with van der Waals surface area (Å²) in [6, 6.07) is 3.85. The number of aliphatic hydroxyl groups is 1. The minimum atomic E-state index is -1.42. The van der Waals surface area contributed by atoms with Gasteiger partial charge >= 0.3 is 5.97 Å². The van der Waals surface area contributed by atoms with Gasteiger partial charge in [-0.1, -0.05) is 0 Å². The molecule has 1 N–H and O–H groups in total. The molecule has 1 unspecified atom stereocenters. The lowest BCUT2D eigenvalue weighted by Crippen LogP contribution is -2.32. The Balaban J connectivity index is 1.68. The first kappa shape index (κ1) is 17.3. The van der Waals surface area contributed by atoms with Crippen molar-refractivity contribution in [3.05, 3.63) is 55.9 Å². The molecule has 3 aromatic rings. The molecule has 6 nitrogen and oxygen atoms in total. The maximum atomic E-state index is 13.1. The van der Waals surface area contributed by atoms with Gasteiger partial charge in [0.2, 0.25) is 0 Å². The number of cyclic esters (lactones) is 1. The highest BCUT2D eigenvalue weighted by Crippen LogP contribution is 2.41. The number of esters is 1. The summed E-state index contributed by atoms with van der Waals surface area (Å²) in [5.74, 6) is -0.714. The monoisotopic (exact) mass is 406 g/mol. The molecule has 2 atom stereocenters. The second kappa shape index (κ2) is 5.74. The summed E-state index contributed by atoms with van der Waals surface area (Å²) in [4.78, 5) is 29.9. The van der Waals surface area contributed by atoms with Gasteiger partial charge in [0.1, 0.15) is 6.61 Å². The molecule has 7 heteroatoms. The smallest absolute Gasteiger partial charge is 0.340 e. The zero-order valence-corrected chi connectivity index (χ0v) is 17.1. The van der Waals surface area contributed by atoms with E-state index in [2.05, 4.69) is 22.2 Å². The average Bonchev–Trinajstić information content (AvgIpc) is 3.08. The van der Waals surface area contributed by atoms with Gasteiger partial charge in [0.15, 0.2) is 6.10 Å². The number of rotatable bonds is 0. The summed E-state index contributed by atoms with van der Waals surface area (Å²) >= 11 is 0. The minimum Gasteiger partial charge on any atom is -0.458 e. The highest BCUT2D eigenvalue weighted by molar-refractivity contribution is 7.27. The van der Waals surface area contributed by atoms with Crippen LogP contribution in [0.15, 0.2) is 16.9 Å². The van der Waals surface area contributed by atoms with E-state index in [-0.39, 0.29) is 12.2 Å². The number of hydrogen-bond donors (Lipinski definition) is 1. The van der Waals surface area contributed by atoms with E-state index in [1.54, 1.807) is 10.6 Å². The van der Waals surface area contributed by atoms with Crippen molar-refractivity contribution >= 4 is 31.4 Å². The zero-order chi connectivity index (χ0) is 20.0. The van der Waals surface area contributed by atoms with Crippen molar-refractivity contribution in [2.45, 2.75) is 45.4 Å². The molecule has 3 aliphatic rings. The molecule has 2 aromatic heterocycles. The second-order valence-electron chi connectivity index (χ2n) is 8.10. The largest absolute Gasteiger partial charge is 0.458 e. The fraction of sp³-hybridized carbons (Fsp3) is 0.318. The van der Waals surface area contributed by atoms with Crippen molar-refractivity contribution in [3.63, 3.8) is 0 Å². The van der Waals surface area contributed by atoms with Crippen LogP contribution in [0.5, 0.6) is 0 Å². The van der Waals surface area contributed by atoms with Gasteiger partial charge in [-0.25, -0.2) is 9.78 Å². The van der Waals surface area contributed by atoms with E-state index in [1.807, 2.05) is 0 Å². The van der Waals surface area contributed by atoms with E-state index in [9.17, 15) is 14.7 Å². The number of aryl methyl sites for hydroxylation is 2. The molecule has 0 bridgehead atoms. The molecule has 4 heterocycles. The van der Waals surface area contributed by atoms with Gasteiger partial charge in [0.05, 0.1) is 29.0 Å². The summed E-state index contributed by atoms with van der Waals surface area (Å²) in [5, 5.41) is 12.7. The Bertz CT molecular complexity index is 1340. The van der Waals surface area contributed by atoms with Crippen molar-refractivity contribution in [3.8, 4) is 11.4 Å². The molecule has 1 aromatic carbocycles. The number of hydrogen-bond acceptors (Lipinski definition) is 5. The van der Waals surface area contributed by atoms with Crippen molar-refractivity contribution in [2.24, 2.45) is 0 Å². The van der Waals surface area contributed by atoms with E-state index in [1.165, 1.54) is 22.1 Å². The number of pyridine rings is 2. The van der Waals surface area contributed by atoms with Crippen molar-refractivity contribution in [1.82, 2.24) is 9.55 Å². The minimum absolute atomic E-state index is 0.0945. The summed E-state index contributed by atoms with van der Waals surface area (Å²) in [5.41, 5.74) is 7.94. The van der Waals surface area contributed by atoms with Gasteiger partial charge < -0.3 is 14.4 Å². The van der Waals surface area contributed by atoms with Crippen LogP contribution < -0.4 is 10.9 Å². The van der Waals surface area contributed by atoms with Crippen molar-refractivity contribution < 1.29 is 14.6 Å². The average molecular weight is 406 g/mol. The van der Waals surface area contributed by atoms with Gasteiger partial charge in [-0.2, -0.15) is 0 Å². The van der Waals surface area contributed by atoms with Crippen LogP contribution in [0.25, 0.3) is 22.3 Å². The molecule has 2 aliphatic heterocycles. The van der Waals surface area contributed by atoms with Crippen LogP contribution in [-0.2, 0) is 35.5 Å². The van der Waals surface area contributed by atoms with Crippen LogP contribution in [0.3, 0.4) is 0 Å². The van der Waals surface area contributed by atoms with Crippen LogP contribution in [-0.4, -0.2) is 20.6 Å². The Morgan fingerprint density at radius 1 is 1.17 bits per heavy atom. The van der Waals surface area contributed by atoms with Crippen LogP contribution in [0.2, 0.25) is 0 Å². The van der Waals surface area contributed by atoms with E-state index in [0.717, 1.165) is 41.3 Å². The third-order valence-electron chi connectivity index (χ3n) is 6.64. The van der Waals surface area contributed by atoms with Crippen LogP contribution in [0, 0.1) is 6.92 Å². The van der Waals surface area contributed by atoms with E-state index >= 15 is 0 Å². The molecule has 29 heavy (non-hydrogen) atoms. The predicted molar refractivity (Wildman–Crippen MR) is 111 cm³/mol. The molecule has 6 rings (SSSR count). The predicted octanol–water partition coefficient (Wildman–Crippen LogP) is 1.81. The Hall–Kier alpha value is -2.56. The highest BCUT2D eigenvalue weighted by Gasteiger charge is 2.35. The molecule has 146 valence electrons. The maximum Gasteiger partial charge on any atom is 0.340 e. The first-order chi connectivity index (χ1) is 14.0. The fourth-order valence-electron chi connectivity index (χ4n) is 5.12. The molecule has 0 fully saturated rings. The molecular formula is C22H19N2O4P. The molecular weight excluding hydrogens is 387 g/mol. The van der Waals surface area contributed by atoms with Crippen LogP contribution >= 0.6 is 9.24 Å². The summed E-state index contributed by atoms with van der Waals surface area (Å²) in [6.45, 7) is 2.54. The third-order valence-corrected chi connectivity index (χ3v) is 7.24. The topological polar surface area (TPSA) is 81.4 Å². The number of aromatic nitrogens is 2. The second-order valence-corrected chi connectivity index (χ2v) is 8.72. The molecule has 0 spiro atoms. The zero-order valence-electron chi connectivity index (χ0n) is 15.9. The van der Waals surface area contributed by atoms with E-state index < -0.39 is 12.1 Å². The van der Waals surface area contributed by atoms with Gasteiger partial charge in [-0.15, -0.1) is 9.24 Å². The highest BCUT2D eigenvalue weighted by atomic mass is 31.0. The number of nitrogens with zero attached hydrogens (tertiary/aromatic N) is 2. The molecule has 0 amide bonds. The maximum absolute atomic E-state index is 13.1. The van der Waals surface area contributed by atoms with Gasteiger partial charge in [-0.3, -0.25) is 4.79 Å². The first-order valence-electron chi connectivity index (χ1n) is 9.80. The molecule has 0 radical (unpaired) electrons. The fourth-order valence-corrected chi connectivity index (χ4v) is 5.45. The number of benzene rings is 1. The van der Waals surface area contributed by atoms with E-state index in [4.69, 9.17) is 9.72 Å². The van der Waals surface area contributed by atoms with Gasteiger partial charge in [0, 0.05) is 16.5 Å². The lowest BCUT2D eigenvalue weighted by atomic mass is 9.85. The summed E-state index contributed by atoms with van der Waals surface area (Å²) in [6.07, 6.45) is 1.67. The van der Waals surface area contributed by atoms with Gasteiger partial charge in [-0.05, 0) is 60.3 Å².